The molecule has 2 aliphatic heterocycles. The normalized spacial score (nSPS) is 24.5. The average Bonchev–Trinajstić information content (AvgIpc) is 3.03. The second-order valence-electron chi connectivity index (χ2n) is 7.39. The van der Waals surface area contributed by atoms with Gasteiger partial charge in [0, 0.05) is 45.8 Å². The van der Waals surface area contributed by atoms with Crippen LogP contribution in [-0.2, 0) is 11.2 Å². The van der Waals surface area contributed by atoms with Crippen LogP contribution in [0.2, 0.25) is 10.0 Å². The molecule has 0 spiro atoms. The molecule has 2 fully saturated rings. The molecule has 3 rings (SSSR count). The van der Waals surface area contributed by atoms with Gasteiger partial charge in [0.1, 0.15) is 0 Å². The summed E-state index contributed by atoms with van der Waals surface area (Å²) in [5.41, 5.74) is 0.850. The molecule has 6 nitrogen and oxygen atoms in total. The minimum absolute atomic E-state index is 0.0471. The lowest BCUT2D eigenvalue weighted by atomic mass is 10.1. The van der Waals surface area contributed by atoms with Crippen molar-refractivity contribution in [2.45, 2.75) is 25.0 Å². The van der Waals surface area contributed by atoms with Gasteiger partial charge in [-0.3, -0.25) is 14.6 Å². The maximum absolute atomic E-state index is 13.0. The van der Waals surface area contributed by atoms with Gasteiger partial charge in [0.2, 0.25) is 5.91 Å². The molecule has 2 N–H and O–H groups in total. The van der Waals surface area contributed by atoms with E-state index in [1.165, 1.54) is 0 Å². The van der Waals surface area contributed by atoms with Crippen LogP contribution in [0, 0.1) is 0 Å². The van der Waals surface area contributed by atoms with Crippen LogP contribution in [0.15, 0.2) is 18.2 Å². The molecule has 2 atom stereocenters. The van der Waals surface area contributed by atoms with Crippen LogP contribution in [0.1, 0.15) is 12.0 Å². The summed E-state index contributed by atoms with van der Waals surface area (Å²) in [5, 5.41) is 20.0. The monoisotopic (exact) mass is 415 g/mol. The zero-order valence-corrected chi connectivity index (χ0v) is 16.9. The Labute approximate surface area is 170 Å². The summed E-state index contributed by atoms with van der Waals surface area (Å²) in [5.74, 6) is 0.0711. The van der Waals surface area contributed by atoms with E-state index in [0.29, 0.717) is 29.7 Å². The molecule has 2 heterocycles. The summed E-state index contributed by atoms with van der Waals surface area (Å²) in [7, 11) is 0. The number of amides is 1. The van der Waals surface area contributed by atoms with Gasteiger partial charge in [-0.1, -0.05) is 29.3 Å². The van der Waals surface area contributed by atoms with E-state index < -0.39 is 0 Å². The number of halogens is 2. The number of carbonyl (C=O) groups is 1. The first-order valence-corrected chi connectivity index (χ1v) is 10.2. The lowest BCUT2D eigenvalue weighted by molar-refractivity contribution is -0.136. The Balaban J connectivity index is 1.67. The number of likely N-dealkylation sites (tertiary alicyclic amines) is 1. The van der Waals surface area contributed by atoms with Crippen molar-refractivity contribution >= 4 is 29.1 Å². The van der Waals surface area contributed by atoms with Crippen molar-refractivity contribution in [1.29, 1.82) is 0 Å². The lowest BCUT2D eigenvalue weighted by Gasteiger charge is -2.43. The van der Waals surface area contributed by atoms with Crippen molar-refractivity contribution in [2.24, 2.45) is 0 Å². The number of aliphatic hydroxyl groups is 2. The molecule has 0 aliphatic carbocycles. The number of piperazine rings is 1. The Kier molecular flexibility index (Phi) is 7.36. The number of rotatable bonds is 6. The lowest BCUT2D eigenvalue weighted by Crippen LogP contribution is -2.59. The molecule has 2 aliphatic rings. The minimum Gasteiger partial charge on any atom is -0.395 e. The number of nitrogens with zero attached hydrogens (tertiary/aromatic N) is 3. The zero-order valence-electron chi connectivity index (χ0n) is 15.4. The van der Waals surface area contributed by atoms with Crippen LogP contribution < -0.4 is 0 Å². The van der Waals surface area contributed by atoms with E-state index in [-0.39, 0.29) is 31.1 Å². The number of carbonyl (C=O) groups excluding carboxylic acids is 1. The van der Waals surface area contributed by atoms with Crippen molar-refractivity contribution in [2.75, 3.05) is 52.4 Å². The number of hydrogen-bond donors (Lipinski definition) is 2. The third-order valence-corrected chi connectivity index (χ3v) is 6.10. The molecule has 0 aromatic heterocycles. The first-order valence-electron chi connectivity index (χ1n) is 9.43. The Morgan fingerprint density at radius 2 is 1.93 bits per heavy atom. The molecule has 0 saturated carbocycles. The van der Waals surface area contributed by atoms with Crippen LogP contribution in [0.3, 0.4) is 0 Å². The van der Waals surface area contributed by atoms with E-state index in [1.807, 2.05) is 11.0 Å². The molecule has 2 saturated heterocycles. The number of β-amino-alcohol motifs (C(OH)–C–C–N with tert-alkyl or cyclic N) is 2. The molecule has 1 aromatic carbocycles. The van der Waals surface area contributed by atoms with Crippen molar-refractivity contribution in [1.82, 2.24) is 14.7 Å². The van der Waals surface area contributed by atoms with Crippen molar-refractivity contribution in [3.63, 3.8) is 0 Å². The quantitative estimate of drug-likeness (QED) is 0.728. The maximum Gasteiger partial charge on any atom is 0.227 e. The van der Waals surface area contributed by atoms with E-state index in [1.54, 1.807) is 12.1 Å². The molecule has 0 unspecified atom stereocenters. The summed E-state index contributed by atoms with van der Waals surface area (Å²) in [6.07, 6.45) is 0.794. The van der Waals surface area contributed by atoms with Crippen LogP contribution in [0.4, 0.5) is 0 Å². The van der Waals surface area contributed by atoms with E-state index in [0.717, 1.165) is 38.2 Å². The summed E-state index contributed by atoms with van der Waals surface area (Å²) in [6.45, 7) is 5.12. The first kappa shape index (κ1) is 20.8. The summed E-state index contributed by atoms with van der Waals surface area (Å²) < 4.78 is 0. The largest absolute Gasteiger partial charge is 0.395 e. The molecule has 0 bridgehead atoms. The smallest absolute Gasteiger partial charge is 0.227 e. The Morgan fingerprint density at radius 1 is 1.11 bits per heavy atom. The van der Waals surface area contributed by atoms with Gasteiger partial charge in [0.05, 0.1) is 35.2 Å². The molecule has 0 radical (unpaired) electrons. The van der Waals surface area contributed by atoms with E-state index in [4.69, 9.17) is 23.2 Å². The minimum atomic E-state index is -0.275. The molecule has 1 aromatic rings. The third kappa shape index (κ3) is 5.56. The van der Waals surface area contributed by atoms with Gasteiger partial charge in [-0.15, -0.1) is 0 Å². The van der Waals surface area contributed by atoms with Gasteiger partial charge in [-0.25, -0.2) is 0 Å². The molecule has 150 valence electrons. The highest BCUT2D eigenvalue weighted by atomic mass is 35.5. The van der Waals surface area contributed by atoms with Crippen molar-refractivity contribution in [3.8, 4) is 0 Å². The summed E-state index contributed by atoms with van der Waals surface area (Å²) in [6, 6.07) is 5.34. The Hall–Kier alpha value is -0.890. The highest BCUT2D eigenvalue weighted by Crippen LogP contribution is 2.24. The van der Waals surface area contributed by atoms with Gasteiger partial charge in [0.25, 0.3) is 0 Å². The number of hydrogen-bond acceptors (Lipinski definition) is 5. The molecule has 8 heteroatoms. The van der Waals surface area contributed by atoms with Crippen molar-refractivity contribution < 1.29 is 15.0 Å². The first-order chi connectivity index (χ1) is 13.0. The van der Waals surface area contributed by atoms with Crippen LogP contribution in [0.25, 0.3) is 0 Å². The SMILES string of the molecule is O=C(Cc1ccc(Cl)c(Cl)c1)N1CCN(CCO)C[C@H]1CN1CC[C@@H](O)C1. The predicted molar refractivity (Wildman–Crippen MR) is 106 cm³/mol. The third-order valence-electron chi connectivity index (χ3n) is 5.36. The van der Waals surface area contributed by atoms with Gasteiger partial charge in [0.15, 0.2) is 0 Å². The van der Waals surface area contributed by atoms with E-state index in [9.17, 15) is 15.0 Å². The average molecular weight is 416 g/mol. The maximum atomic E-state index is 13.0. The molecular weight excluding hydrogens is 389 g/mol. The fourth-order valence-electron chi connectivity index (χ4n) is 3.95. The Bertz CT molecular complexity index is 661. The topological polar surface area (TPSA) is 67.2 Å². The van der Waals surface area contributed by atoms with Crippen LogP contribution in [-0.4, -0.2) is 95.4 Å². The second-order valence-corrected chi connectivity index (χ2v) is 8.21. The van der Waals surface area contributed by atoms with E-state index in [2.05, 4.69) is 9.80 Å². The predicted octanol–water partition coefficient (Wildman–Crippen LogP) is 1.11. The van der Waals surface area contributed by atoms with Crippen LogP contribution >= 0.6 is 23.2 Å². The van der Waals surface area contributed by atoms with Crippen molar-refractivity contribution in [3.05, 3.63) is 33.8 Å². The fourth-order valence-corrected chi connectivity index (χ4v) is 4.27. The molecular formula is C19H27Cl2N3O3. The number of aliphatic hydroxyl groups excluding tert-OH is 2. The number of benzene rings is 1. The standard InChI is InChI=1S/C19H27Cl2N3O3/c20-17-2-1-14(9-18(17)21)10-19(27)24-6-5-22(7-8-25)11-15(24)12-23-4-3-16(26)13-23/h1-2,9,15-16,25-26H,3-8,10-13H2/t15-,16+/m0/s1. The molecule has 27 heavy (non-hydrogen) atoms. The van der Waals surface area contributed by atoms with Crippen LogP contribution in [0.5, 0.6) is 0 Å². The molecule has 1 amide bonds. The summed E-state index contributed by atoms with van der Waals surface area (Å²) >= 11 is 12.0. The van der Waals surface area contributed by atoms with Gasteiger partial charge >= 0.3 is 0 Å². The highest BCUT2D eigenvalue weighted by Gasteiger charge is 2.33. The van der Waals surface area contributed by atoms with Gasteiger partial charge < -0.3 is 15.1 Å². The Morgan fingerprint density at radius 3 is 2.59 bits per heavy atom. The van der Waals surface area contributed by atoms with E-state index >= 15 is 0 Å². The zero-order chi connectivity index (χ0) is 19.4. The highest BCUT2D eigenvalue weighted by molar-refractivity contribution is 6.42. The summed E-state index contributed by atoms with van der Waals surface area (Å²) in [4.78, 5) is 19.4. The second kappa shape index (κ2) is 9.54. The van der Waals surface area contributed by atoms with Gasteiger partial charge in [-0.05, 0) is 24.1 Å². The van der Waals surface area contributed by atoms with Gasteiger partial charge in [-0.2, -0.15) is 0 Å². The fraction of sp³-hybridized carbons (Fsp3) is 0.632.